The predicted molar refractivity (Wildman–Crippen MR) is 81.8 cm³/mol. The number of aromatic nitrogens is 1. The number of rotatable bonds is 3. The van der Waals surface area contributed by atoms with Crippen molar-refractivity contribution in [1.82, 2.24) is 9.88 Å². The molecular formula is C15H21BN2O4. The van der Waals surface area contributed by atoms with Gasteiger partial charge in [-0.25, -0.2) is 0 Å². The van der Waals surface area contributed by atoms with Crippen molar-refractivity contribution in [3.05, 3.63) is 23.5 Å². The summed E-state index contributed by atoms with van der Waals surface area (Å²) in [6.07, 6.45) is 1.71. The minimum absolute atomic E-state index is 0.0518. The van der Waals surface area contributed by atoms with Gasteiger partial charge in [-0.1, -0.05) is 0 Å². The van der Waals surface area contributed by atoms with E-state index in [4.69, 9.17) is 14.4 Å². The van der Waals surface area contributed by atoms with Crippen molar-refractivity contribution in [3.63, 3.8) is 0 Å². The minimum atomic E-state index is -0.525. The number of carbonyl (C=O) groups excluding carboxylic acids is 1. The Balaban J connectivity index is 1.87. The number of amides is 1. The molecular weight excluding hydrogens is 283 g/mol. The summed E-state index contributed by atoms with van der Waals surface area (Å²) in [5, 5.41) is 9.01. The molecule has 0 saturated carbocycles. The van der Waals surface area contributed by atoms with Crippen LogP contribution >= 0.6 is 0 Å². The zero-order chi connectivity index (χ0) is 16.1. The second kappa shape index (κ2) is 5.04. The third-order valence-electron chi connectivity index (χ3n) is 4.74. The van der Waals surface area contributed by atoms with Gasteiger partial charge in [0.2, 0.25) is 0 Å². The van der Waals surface area contributed by atoms with Gasteiger partial charge in [0, 0.05) is 18.2 Å². The Bertz CT molecular complexity index is 602. The molecule has 1 fully saturated rings. The lowest BCUT2D eigenvalue weighted by atomic mass is 9.79. The summed E-state index contributed by atoms with van der Waals surface area (Å²) >= 11 is 0. The van der Waals surface area contributed by atoms with E-state index in [0.717, 1.165) is 11.2 Å². The van der Waals surface area contributed by atoms with E-state index in [0.29, 0.717) is 18.7 Å². The standard InChI is InChI=1S/C15H21BN2O4/c1-14(2)15(3,4)22-16(21-14)10-7-11-12(17-8-10)9-18(5-6-19)13(11)20/h7-8,19H,5-6,9H2,1-4H3. The lowest BCUT2D eigenvalue weighted by Gasteiger charge is -2.32. The zero-order valence-electron chi connectivity index (χ0n) is 13.4. The van der Waals surface area contributed by atoms with E-state index >= 15 is 0 Å². The van der Waals surface area contributed by atoms with Gasteiger partial charge in [-0.05, 0) is 33.8 Å². The molecule has 0 aliphatic carbocycles. The summed E-state index contributed by atoms with van der Waals surface area (Å²) in [6, 6.07) is 1.80. The molecule has 1 N–H and O–H groups in total. The fourth-order valence-corrected chi connectivity index (χ4v) is 2.65. The van der Waals surface area contributed by atoms with Gasteiger partial charge in [-0.2, -0.15) is 0 Å². The fraction of sp³-hybridized carbons (Fsp3) is 0.600. The Morgan fingerprint density at radius 1 is 1.32 bits per heavy atom. The molecule has 0 radical (unpaired) electrons. The molecule has 6 nitrogen and oxygen atoms in total. The number of β-amino-alcohol motifs (C(OH)–C–C–N with tert-alkyl or cyclic N) is 1. The fourth-order valence-electron chi connectivity index (χ4n) is 2.65. The smallest absolute Gasteiger partial charge is 0.399 e. The van der Waals surface area contributed by atoms with Crippen LogP contribution in [0.5, 0.6) is 0 Å². The first kappa shape index (κ1) is 15.5. The second-order valence-corrected chi connectivity index (χ2v) is 6.80. The molecule has 0 atom stereocenters. The number of aliphatic hydroxyl groups is 1. The number of pyridine rings is 1. The molecule has 0 bridgehead atoms. The van der Waals surface area contributed by atoms with Gasteiger partial charge in [-0.15, -0.1) is 0 Å². The van der Waals surface area contributed by atoms with Crippen LogP contribution in [-0.4, -0.2) is 52.4 Å². The van der Waals surface area contributed by atoms with Crippen LogP contribution in [0.1, 0.15) is 43.7 Å². The van der Waals surface area contributed by atoms with Crippen molar-refractivity contribution >= 4 is 18.5 Å². The topological polar surface area (TPSA) is 71.9 Å². The molecule has 1 amide bonds. The predicted octanol–water partition coefficient (Wildman–Crippen LogP) is 0.329. The summed E-state index contributed by atoms with van der Waals surface area (Å²) in [5.41, 5.74) is 1.20. The first-order chi connectivity index (χ1) is 10.2. The summed E-state index contributed by atoms with van der Waals surface area (Å²) < 4.78 is 12.0. The quantitative estimate of drug-likeness (QED) is 0.815. The highest BCUT2D eigenvalue weighted by molar-refractivity contribution is 6.62. The zero-order valence-corrected chi connectivity index (χ0v) is 13.4. The maximum atomic E-state index is 12.3. The highest BCUT2D eigenvalue weighted by atomic mass is 16.7. The lowest BCUT2D eigenvalue weighted by Crippen LogP contribution is -2.41. The molecule has 118 valence electrons. The summed E-state index contributed by atoms with van der Waals surface area (Å²) in [6.45, 7) is 8.66. The Hall–Kier alpha value is -1.44. The van der Waals surface area contributed by atoms with Gasteiger partial charge < -0.3 is 19.3 Å². The molecule has 0 spiro atoms. The van der Waals surface area contributed by atoms with Crippen molar-refractivity contribution < 1.29 is 19.2 Å². The molecule has 3 heterocycles. The maximum Gasteiger partial charge on any atom is 0.496 e. The van der Waals surface area contributed by atoms with E-state index in [1.54, 1.807) is 17.2 Å². The lowest BCUT2D eigenvalue weighted by molar-refractivity contribution is 0.00578. The van der Waals surface area contributed by atoms with Gasteiger partial charge in [0.25, 0.3) is 5.91 Å². The highest BCUT2D eigenvalue weighted by Gasteiger charge is 2.52. The first-order valence-electron chi connectivity index (χ1n) is 7.50. The molecule has 2 aliphatic heterocycles. The van der Waals surface area contributed by atoms with Crippen LogP contribution in [0, 0.1) is 0 Å². The van der Waals surface area contributed by atoms with Crippen LogP contribution in [0.25, 0.3) is 0 Å². The van der Waals surface area contributed by atoms with E-state index in [2.05, 4.69) is 4.98 Å². The van der Waals surface area contributed by atoms with Crippen molar-refractivity contribution in [2.75, 3.05) is 13.2 Å². The SMILES string of the molecule is CC1(C)OB(c2cnc3c(c2)C(=O)N(CCO)C3)OC1(C)C. The Morgan fingerprint density at radius 2 is 1.95 bits per heavy atom. The normalized spacial score (nSPS) is 22.3. The van der Waals surface area contributed by atoms with Gasteiger partial charge in [-0.3, -0.25) is 9.78 Å². The molecule has 22 heavy (non-hydrogen) atoms. The first-order valence-corrected chi connectivity index (χ1v) is 7.50. The van der Waals surface area contributed by atoms with Crippen LogP contribution in [-0.2, 0) is 15.9 Å². The van der Waals surface area contributed by atoms with Crippen LogP contribution in [0.3, 0.4) is 0 Å². The maximum absolute atomic E-state index is 12.3. The van der Waals surface area contributed by atoms with E-state index in [-0.39, 0.29) is 12.5 Å². The molecule has 0 aromatic carbocycles. The molecule has 1 aromatic rings. The number of fused-ring (bicyclic) bond motifs is 1. The summed E-state index contributed by atoms with van der Waals surface area (Å²) in [7, 11) is -0.525. The Morgan fingerprint density at radius 3 is 2.55 bits per heavy atom. The minimum Gasteiger partial charge on any atom is -0.399 e. The van der Waals surface area contributed by atoms with Gasteiger partial charge in [0.05, 0.1) is 35.6 Å². The van der Waals surface area contributed by atoms with Crippen LogP contribution < -0.4 is 5.46 Å². The van der Waals surface area contributed by atoms with E-state index in [1.165, 1.54) is 0 Å². The van der Waals surface area contributed by atoms with Crippen molar-refractivity contribution in [1.29, 1.82) is 0 Å². The number of carbonyl (C=O) groups is 1. The largest absolute Gasteiger partial charge is 0.496 e. The van der Waals surface area contributed by atoms with Gasteiger partial charge in [0.1, 0.15) is 0 Å². The highest BCUT2D eigenvalue weighted by Crippen LogP contribution is 2.36. The van der Waals surface area contributed by atoms with Crippen molar-refractivity contribution in [2.45, 2.75) is 45.4 Å². The molecule has 1 saturated heterocycles. The van der Waals surface area contributed by atoms with Crippen LogP contribution in [0.4, 0.5) is 0 Å². The second-order valence-electron chi connectivity index (χ2n) is 6.80. The molecule has 1 aromatic heterocycles. The van der Waals surface area contributed by atoms with Crippen LogP contribution in [0.2, 0.25) is 0 Å². The average molecular weight is 304 g/mol. The number of hydrogen-bond acceptors (Lipinski definition) is 5. The van der Waals surface area contributed by atoms with Crippen LogP contribution in [0.15, 0.2) is 12.3 Å². The third-order valence-corrected chi connectivity index (χ3v) is 4.74. The van der Waals surface area contributed by atoms with E-state index in [1.807, 2.05) is 27.7 Å². The summed E-state index contributed by atoms with van der Waals surface area (Å²) in [4.78, 5) is 18.3. The van der Waals surface area contributed by atoms with Gasteiger partial charge in [0.15, 0.2) is 0 Å². The Labute approximate surface area is 130 Å². The summed E-state index contributed by atoms with van der Waals surface area (Å²) in [5.74, 6) is -0.102. The number of aliphatic hydroxyl groups excluding tert-OH is 1. The molecule has 2 aliphatic rings. The van der Waals surface area contributed by atoms with E-state index < -0.39 is 18.3 Å². The Kier molecular flexibility index (Phi) is 3.54. The third kappa shape index (κ3) is 2.33. The van der Waals surface area contributed by atoms with Crippen molar-refractivity contribution in [3.8, 4) is 0 Å². The molecule has 3 rings (SSSR count). The van der Waals surface area contributed by atoms with E-state index in [9.17, 15) is 4.79 Å². The molecule has 0 unspecified atom stereocenters. The average Bonchev–Trinajstić information content (AvgIpc) is 2.85. The number of hydrogen-bond donors (Lipinski definition) is 1. The van der Waals surface area contributed by atoms with Gasteiger partial charge >= 0.3 is 7.12 Å². The molecule has 7 heteroatoms. The van der Waals surface area contributed by atoms with Crippen molar-refractivity contribution in [2.24, 2.45) is 0 Å². The monoisotopic (exact) mass is 304 g/mol. The number of nitrogens with zero attached hydrogens (tertiary/aromatic N) is 2.